The summed E-state index contributed by atoms with van der Waals surface area (Å²) in [7, 11) is 5.92. The predicted octanol–water partition coefficient (Wildman–Crippen LogP) is -0.235. The fourth-order valence-electron chi connectivity index (χ4n) is 2.35. The Morgan fingerprint density at radius 2 is 2.24 bits per heavy atom. The molecule has 1 atom stereocenters. The minimum absolute atomic E-state index is 0.126. The molecule has 0 aliphatic carbocycles. The number of rotatable bonds is 4. The summed E-state index contributed by atoms with van der Waals surface area (Å²) in [6, 6.07) is 0.215. The lowest BCUT2D eigenvalue weighted by Gasteiger charge is -2.37. The van der Waals surface area contributed by atoms with Gasteiger partial charge in [0.2, 0.25) is 5.89 Å². The van der Waals surface area contributed by atoms with Crippen LogP contribution in [0.2, 0.25) is 0 Å². The van der Waals surface area contributed by atoms with Crippen molar-refractivity contribution in [3.63, 3.8) is 0 Å². The fourth-order valence-corrected chi connectivity index (χ4v) is 2.35. The van der Waals surface area contributed by atoms with Crippen molar-refractivity contribution < 1.29 is 9.32 Å². The minimum atomic E-state index is -0.126. The number of urea groups is 1. The second-order valence-corrected chi connectivity index (χ2v) is 5.67. The highest BCUT2D eigenvalue weighted by atomic mass is 16.5. The number of nitrogens with one attached hydrogen (secondary N) is 1. The van der Waals surface area contributed by atoms with Gasteiger partial charge in [-0.25, -0.2) is 4.79 Å². The van der Waals surface area contributed by atoms with Gasteiger partial charge in [-0.2, -0.15) is 4.98 Å². The number of carbonyl (C=O) groups excluding carboxylic acids is 1. The highest BCUT2D eigenvalue weighted by Crippen LogP contribution is 2.05. The van der Waals surface area contributed by atoms with Crippen molar-refractivity contribution in [2.45, 2.75) is 19.5 Å². The van der Waals surface area contributed by atoms with Gasteiger partial charge in [-0.3, -0.25) is 4.90 Å². The van der Waals surface area contributed by atoms with E-state index in [1.165, 1.54) is 0 Å². The molecule has 0 spiro atoms. The van der Waals surface area contributed by atoms with Crippen molar-refractivity contribution in [3.8, 4) is 0 Å². The summed E-state index contributed by atoms with van der Waals surface area (Å²) in [4.78, 5) is 22.3. The lowest BCUT2D eigenvalue weighted by Crippen LogP contribution is -2.55. The first-order valence-corrected chi connectivity index (χ1v) is 7.12. The molecule has 2 heterocycles. The van der Waals surface area contributed by atoms with E-state index in [1.807, 2.05) is 0 Å². The lowest BCUT2D eigenvalue weighted by atomic mass is 10.2. The Balaban J connectivity index is 1.78. The number of hydrogen-bond acceptors (Lipinski definition) is 6. The summed E-state index contributed by atoms with van der Waals surface area (Å²) in [5, 5.41) is 6.75. The third-order valence-electron chi connectivity index (χ3n) is 3.76. The topological polar surface area (TPSA) is 77.7 Å². The standard InChI is InChI=1S/C13H24N6O2/c1-10-15-12(16-21-10)9-19(4)13(20)14-7-11-8-17(2)5-6-18(11)3/h11H,5-9H2,1-4H3,(H,14,20). The molecule has 1 saturated heterocycles. The summed E-state index contributed by atoms with van der Waals surface area (Å²) in [5.41, 5.74) is 0. The van der Waals surface area contributed by atoms with Crippen LogP contribution < -0.4 is 5.32 Å². The SMILES string of the molecule is Cc1nc(CN(C)C(=O)NCC2CN(C)CCN2C)no1. The van der Waals surface area contributed by atoms with Gasteiger partial charge in [0.25, 0.3) is 0 Å². The average Bonchev–Trinajstić information content (AvgIpc) is 2.84. The number of hydrogen-bond donors (Lipinski definition) is 1. The number of carbonyl (C=O) groups is 1. The van der Waals surface area contributed by atoms with Gasteiger partial charge < -0.3 is 19.6 Å². The molecule has 1 unspecified atom stereocenters. The number of piperazine rings is 1. The van der Waals surface area contributed by atoms with Crippen molar-refractivity contribution in [1.82, 2.24) is 30.2 Å². The monoisotopic (exact) mass is 296 g/mol. The third kappa shape index (κ3) is 4.40. The van der Waals surface area contributed by atoms with Crippen LogP contribution in [-0.2, 0) is 6.54 Å². The second-order valence-electron chi connectivity index (χ2n) is 5.67. The molecule has 8 nitrogen and oxygen atoms in total. The molecule has 1 N–H and O–H groups in total. The van der Waals surface area contributed by atoms with Gasteiger partial charge in [0, 0.05) is 46.2 Å². The summed E-state index contributed by atoms with van der Waals surface area (Å²) in [6.07, 6.45) is 0. The molecule has 1 aromatic heterocycles. The van der Waals surface area contributed by atoms with Crippen molar-refractivity contribution in [1.29, 1.82) is 0 Å². The molecular weight excluding hydrogens is 272 g/mol. The van der Waals surface area contributed by atoms with Crippen LogP contribution in [0.1, 0.15) is 11.7 Å². The van der Waals surface area contributed by atoms with Crippen LogP contribution >= 0.6 is 0 Å². The van der Waals surface area contributed by atoms with E-state index in [1.54, 1.807) is 18.9 Å². The quantitative estimate of drug-likeness (QED) is 0.826. The van der Waals surface area contributed by atoms with Gasteiger partial charge in [0.1, 0.15) is 0 Å². The van der Waals surface area contributed by atoms with Crippen molar-refractivity contribution in [2.75, 3.05) is 47.3 Å². The van der Waals surface area contributed by atoms with Gasteiger partial charge in [-0.15, -0.1) is 0 Å². The van der Waals surface area contributed by atoms with Gasteiger partial charge in [-0.1, -0.05) is 5.16 Å². The molecule has 1 aliphatic rings. The van der Waals surface area contributed by atoms with Crippen molar-refractivity contribution >= 4 is 6.03 Å². The normalized spacial score (nSPS) is 20.5. The first kappa shape index (κ1) is 15.7. The average molecular weight is 296 g/mol. The molecule has 2 amide bonds. The number of aromatic nitrogens is 2. The first-order chi connectivity index (χ1) is 9.95. The Labute approximate surface area is 125 Å². The summed E-state index contributed by atoms with van der Waals surface area (Å²) >= 11 is 0. The molecule has 0 saturated carbocycles. The third-order valence-corrected chi connectivity index (χ3v) is 3.76. The summed E-state index contributed by atoms with van der Waals surface area (Å²) in [6.45, 7) is 5.75. The van der Waals surface area contributed by atoms with Crippen LogP contribution in [0.15, 0.2) is 4.52 Å². The smallest absolute Gasteiger partial charge is 0.317 e. The number of likely N-dealkylation sites (N-methyl/N-ethyl adjacent to an activating group) is 2. The van der Waals surface area contributed by atoms with Gasteiger partial charge >= 0.3 is 6.03 Å². The van der Waals surface area contributed by atoms with Crippen LogP contribution in [0.4, 0.5) is 4.79 Å². The molecule has 8 heteroatoms. The van der Waals surface area contributed by atoms with Crippen LogP contribution in [0, 0.1) is 6.92 Å². The number of aryl methyl sites for hydroxylation is 1. The Hall–Kier alpha value is -1.67. The molecule has 0 radical (unpaired) electrons. The van der Waals surface area contributed by atoms with Gasteiger partial charge in [0.15, 0.2) is 5.82 Å². The van der Waals surface area contributed by atoms with E-state index in [9.17, 15) is 4.79 Å². The van der Waals surface area contributed by atoms with E-state index >= 15 is 0 Å². The Kier molecular flexibility index (Phi) is 5.13. The zero-order valence-corrected chi connectivity index (χ0v) is 13.2. The summed E-state index contributed by atoms with van der Waals surface area (Å²) < 4.78 is 4.89. The van der Waals surface area contributed by atoms with E-state index in [2.05, 4.69) is 39.4 Å². The molecule has 0 bridgehead atoms. The maximum Gasteiger partial charge on any atom is 0.317 e. The zero-order valence-electron chi connectivity index (χ0n) is 13.2. The molecular formula is C13H24N6O2. The van der Waals surface area contributed by atoms with Gasteiger partial charge in [0.05, 0.1) is 6.54 Å². The van der Waals surface area contributed by atoms with Crippen molar-refractivity contribution in [2.24, 2.45) is 0 Å². The van der Waals surface area contributed by atoms with E-state index in [0.29, 0.717) is 30.8 Å². The number of amides is 2. The minimum Gasteiger partial charge on any atom is -0.340 e. The molecule has 1 aromatic rings. The van der Waals surface area contributed by atoms with Gasteiger partial charge in [-0.05, 0) is 14.1 Å². The Morgan fingerprint density at radius 1 is 1.48 bits per heavy atom. The van der Waals surface area contributed by atoms with Crippen molar-refractivity contribution in [3.05, 3.63) is 11.7 Å². The first-order valence-electron chi connectivity index (χ1n) is 7.12. The Morgan fingerprint density at radius 3 is 2.90 bits per heavy atom. The molecule has 1 aliphatic heterocycles. The molecule has 0 aromatic carbocycles. The fraction of sp³-hybridized carbons (Fsp3) is 0.769. The largest absolute Gasteiger partial charge is 0.340 e. The second kappa shape index (κ2) is 6.86. The lowest BCUT2D eigenvalue weighted by molar-refractivity contribution is 0.113. The maximum atomic E-state index is 12.1. The molecule has 1 fully saturated rings. The Bertz CT molecular complexity index is 477. The van der Waals surface area contributed by atoms with E-state index < -0.39 is 0 Å². The predicted molar refractivity (Wildman–Crippen MR) is 77.8 cm³/mol. The van der Waals surface area contributed by atoms with Crippen LogP contribution in [-0.4, -0.2) is 84.2 Å². The van der Waals surface area contributed by atoms with E-state index in [0.717, 1.165) is 19.6 Å². The molecule has 2 rings (SSSR count). The summed E-state index contributed by atoms with van der Waals surface area (Å²) in [5.74, 6) is 1.02. The van der Waals surface area contributed by atoms with E-state index in [-0.39, 0.29) is 6.03 Å². The van der Waals surface area contributed by atoms with E-state index in [4.69, 9.17) is 4.52 Å². The van der Waals surface area contributed by atoms with Crippen LogP contribution in [0.25, 0.3) is 0 Å². The molecule has 118 valence electrons. The van der Waals surface area contributed by atoms with Crippen LogP contribution in [0.5, 0.6) is 0 Å². The number of nitrogens with zero attached hydrogens (tertiary/aromatic N) is 5. The molecule has 21 heavy (non-hydrogen) atoms. The highest BCUT2D eigenvalue weighted by molar-refractivity contribution is 5.73. The maximum absolute atomic E-state index is 12.1. The van der Waals surface area contributed by atoms with Crippen LogP contribution in [0.3, 0.4) is 0 Å². The zero-order chi connectivity index (χ0) is 15.4. The highest BCUT2D eigenvalue weighted by Gasteiger charge is 2.23.